The Morgan fingerprint density at radius 2 is 1.67 bits per heavy atom. The molecule has 0 aromatic carbocycles. The van der Waals surface area contributed by atoms with E-state index in [1.807, 2.05) is 27.7 Å². The SMILES string of the molecule is CC.COC(C)C.COC1CCN(C)C1. The topological polar surface area (TPSA) is 21.7 Å². The van der Waals surface area contributed by atoms with Gasteiger partial charge in [-0.3, -0.25) is 0 Å². The molecule has 1 aliphatic heterocycles. The quantitative estimate of drug-likeness (QED) is 0.712. The highest BCUT2D eigenvalue weighted by atomic mass is 16.5. The van der Waals surface area contributed by atoms with Gasteiger partial charge >= 0.3 is 0 Å². The number of hydrogen-bond acceptors (Lipinski definition) is 3. The van der Waals surface area contributed by atoms with E-state index in [4.69, 9.17) is 9.47 Å². The third-order valence-electron chi connectivity index (χ3n) is 2.15. The molecule has 3 heteroatoms. The van der Waals surface area contributed by atoms with E-state index in [1.165, 1.54) is 13.0 Å². The largest absolute Gasteiger partial charge is 0.382 e. The van der Waals surface area contributed by atoms with E-state index < -0.39 is 0 Å². The average Bonchev–Trinajstić information content (AvgIpc) is 2.68. The van der Waals surface area contributed by atoms with Crippen molar-refractivity contribution >= 4 is 0 Å². The van der Waals surface area contributed by atoms with Gasteiger partial charge in [0.2, 0.25) is 0 Å². The monoisotopic (exact) mass is 219 g/mol. The molecule has 0 N–H and O–H groups in total. The fourth-order valence-electron chi connectivity index (χ4n) is 1.09. The van der Waals surface area contributed by atoms with Crippen molar-refractivity contribution in [2.45, 2.75) is 46.3 Å². The molecule has 0 saturated carbocycles. The van der Waals surface area contributed by atoms with Crippen molar-refractivity contribution in [3.05, 3.63) is 0 Å². The molecule has 0 aromatic heterocycles. The fraction of sp³-hybridized carbons (Fsp3) is 1.00. The number of likely N-dealkylation sites (tertiary alicyclic amines) is 1. The van der Waals surface area contributed by atoms with Crippen LogP contribution in [0.2, 0.25) is 0 Å². The highest BCUT2D eigenvalue weighted by Gasteiger charge is 2.17. The number of rotatable bonds is 2. The van der Waals surface area contributed by atoms with Gasteiger partial charge in [0.15, 0.2) is 0 Å². The second kappa shape index (κ2) is 12.0. The Labute approximate surface area is 95.7 Å². The number of hydrogen-bond donors (Lipinski definition) is 0. The molecule has 0 amide bonds. The Balaban J connectivity index is 0. The van der Waals surface area contributed by atoms with E-state index in [9.17, 15) is 0 Å². The highest BCUT2D eigenvalue weighted by molar-refractivity contribution is 4.71. The van der Waals surface area contributed by atoms with Gasteiger partial charge in [0.05, 0.1) is 12.2 Å². The second-order valence-corrected chi connectivity index (χ2v) is 3.69. The zero-order chi connectivity index (χ0) is 12.3. The maximum Gasteiger partial charge on any atom is 0.0710 e. The summed E-state index contributed by atoms with van der Waals surface area (Å²) in [5.74, 6) is 0. The van der Waals surface area contributed by atoms with Crippen LogP contribution in [0.5, 0.6) is 0 Å². The summed E-state index contributed by atoms with van der Waals surface area (Å²) in [6.45, 7) is 10.3. The van der Waals surface area contributed by atoms with Crippen molar-refractivity contribution in [1.82, 2.24) is 4.90 Å². The molecule has 94 valence electrons. The fourth-order valence-corrected chi connectivity index (χ4v) is 1.09. The first kappa shape index (κ1) is 17.3. The summed E-state index contributed by atoms with van der Waals surface area (Å²) >= 11 is 0. The van der Waals surface area contributed by atoms with Crippen molar-refractivity contribution in [1.29, 1.82) is 0 Å². The second-order valence-electron chi connectivity index (χ2n) is 3.69. The first-order chi connectivity index (χ1) is 7.10. The maximum atomic E-state index is 5.14. The zero-order valence-electron chi connectivity index (χ0n) is 11.5. The molecule has 1 rings (SSSR count). The van der Waals surface area contributed by atoms with Crippen LogP contribution < -0.4 is 0 Å². The Kier molecular flexibility index (Phi) is 13.8. The van der Waals surface area contributed by atoms with Gasteiger partial charge in [-0.25, -0.2) is 0 Å². The molecule has 1 aliphatic rings. The van der Waals surface area contributed by atoms with Crippen LogP contribution in [0.4, 0.5) is 0 Å². The lowest BCUT2D eigenvalue weighted by molar-refractivity contribution is 0.111. The molecule has 1 heterocycles. The standard InChI is InChI=1S/C6H13NO.C4H10O.C2H6/c1-7-4-3-6(5-7)8-2;1-4(2)5-3;1-2/h6H,3-5H2,1-2H3;4H,1-3H3;1-2H3. The smallest absolute Gasteiger partial charge is 0.0710 e. The maximum absolute atomic E-state index is 5.14. The molecule has 0 aromatic rings. The molecule has 1 saturated heterocycles. The molecule has 0 bridgehead atoms. The third-order valence-corrected chi connectivity index (χ3v) is 2.15. The van der Waals surface area contributed by atoms with Crippen LogP contribution in [-0.4, -0.2) is 51.5 Å². The number of ether oxygens (including phenoxy) is 2. The van der Waals surface area contributed by atoms with E-state index in [0.29, 0.717) is 12.2 Å². The summed E-state index contributed by atoms with van der Waals surface area (Å²) in [6.07, 6.45) is 2.09. The van der Waals surface area contributed by atoms with Crippen molar-refractivity contribution < 1.29 is 9.47 Å². The predicted octanol–water partition coefficient (Wildman–Crippen LogP) is 2.40. The van der Waals surface area contributed by atoms with Gasteiger partial charge in [-0.05, 0) is 27.3 Å². The molecule has 1 fully saturated rings. The number of methoxy groups -OCH3 is 2. The minimum atomic E-state index is 0.384. The molecule has 15 heavy (non-hydrogen) atoms. The summed E-state index contributed by atoms with van der Waals surface area (Å²) in [5.41, 5.74) is 0. The summed E-state index contributed by atoms with van der Waals surface area (Å²) in [6, 6.07) is 0. The zero-order valence-corrected chi connectivity index (χ0v) is 11.5. The van der Waals surface area contributed by atoms with Gasteiger partial charge in [-0.1, -0.05) is 13.8 Å². The van der Waals surface area contributed by atoms with Crippen molar-refractivity contribution in [3.8, 4) is 0 Å². The lowest BCUT2D eigenvalue weighted by atomic mass is 10.3. The Morgan fingerprint density at radius 1 is 1.20 bits per heavy atom. The van der Waals surface area contributed by atoms with E-state index in [2.05, 4.69) is 11.9 Å². The van der Waals surface area contributed by atoms with Gasteiger partial charge in [-0.2, -0.15) is 0 Å². The lowest BCUT2D eigenvalue weighted by Gasteiger charge is -2.06. The average molecular weight is 219 g/mol. The van der Waals surface area contributed by atoms with E-state index >= 15 is 0 Å². The predicted molar refractivity (Wildman–Crippen MR) is 66.4 cm³/mol. The molecular formula is C12H29NO2. The summed E-state index contributed by atoms with van der Waals surface area (Å²) in [4.78, 5) is 2.29. The van der Waals surface area contributed by atoms with Crippen LogP contribution in [0.1, 0.15) is 34.1 Å². The first-order valence-corrected chi connectivity index (χ1v) is 5.84. The number of nitrogens with zero attached hydrogens (tertiary/aromatic N) is 1. The van der Waals surface area contributed by atoms with Crippen molar-refractivity contribution in [2.75, 3.05) is 34.4 Å². The number of likely N-dealkylation sites (N-methyl/N-ethyl adjacent to an activating group) is 1. The van der Waals surface area contributed by atoms with Crippen LogP contribution in [-0.2, 0) is 9.47 Å². The van der Waals surface area contributed by atoms with E-state index in [0.717, 1.165) is 6.54 Å². The first-order valence-electron chi connectivity index (χ1n) is 5.84. The summed E-state index contributed by atoms with van der Waals surface area (Å²) in [7, 11) is 5.60. The van der Waals surface area contributed by atoms with E-state index in [1.54, 1.807) is 14.2 Å². The molecule has 0 radical (unpaired) electrons. The van der Waals surface area contributed by atoms with Gasteiger partial charge in [0.1, 0.15) is 0 Å². The molecule has 0 aliphatic carbocycles. The van der Waals surface area contributed by atoms with Crippen molar-refractivity contribution in [2.24, 2.45) is 0 Å². The van der Waals surface area contributed by atoms with Crippen LogP contribution >= 0.6 is 0 Å². The van der Waals surface area contributed by atoms with Gasteiger partial charge in [0, 0.05) is 27.3 Å². The lowest BCUT2D eigenvalue weighted by Crippen LogP contribution is -2.17. The van der Waals surface area contributed by atoms with Gasteiger partial charge < -0.3 is 14.4 Å². The van der Waals surface area contributed by atoms with Crippen LogP contribution in [0.3, 0.4) is 0 Å². The van der Waals surface area contributed by atoms with Gasteiger partial charge in [0.25, 0.3) is 0 Å². The molecule has 1 atom stereocenters. The van der Waals surface area contributed by atoms with Crippen molar-refractivity contribution in [3.63, 3.8) is 0 Å². The normalized spacial score (nSPS) is 20.4. The summed E-state index contributed by atoms with van der Waals surface area (Å²) in [5, 5.41) is 0. The van der Waals surface area contributed by atoms with Crippen LogP contribution in [0, 0.1) is 0 Å². The van der Waals surface area contributed by atoms with Gasteiger partial charge in [-0.15, -0.1) is 0 Å². The molecule has 1 unspecified atom stereocenters. The summed E-state index contributed by atoms with van der Waals surface area (Å²) < 4.78 is 9.89. The Morgan fingerprint density at radius 3 is 1.80 bits per heavy atom. The molecule has 3 nitrogen and oxygen atoms in total. The minimum Gasteiger partial charge on any atom is -0.382 e. The third kappa shape index (κ3) is 11.8. The Hall–Kier alpha value is -0.120. The van der Waals surface area contributed by atoms with E-state index in [-0.39, 0.29) is 0 Å². The molecule has 0 spiro atoms. The van der Waals surface area contributed by atoms with Crippen LogP contribution in [0.15, 0.2) is 0 Å². The highest BCUT2D eigenvalue weighted by Crippen LogP contribution is 2.07. The minimum absolute atomic E-state index is 0.384. The molecular weight excluding hydrogens is 190 g/mol. The van der Waals surface area contributed by atoms with Crippen LogP contribution in [0.25, 0.3) is 0 Å². The Bertz CT molecular complexity index is 118.